The van der Waals surface area contributed by atoms with E-state index in [0.29, 0.717) is 12.0 Å². The molecular formula is C27H25NO4. The summed E-state index contributed by atoms with van der Waals surface area (Å²) in [5.41, 5.74) is 4.31. The van der Waals surface area contributed by atoms with Crippen LogP contribution in [0.2, 0.25) is 0 Å². The van der Waals surface area contributed by atoms with E-state index in [4.69, 9.17) is 9.47 Å². The molecule has 0 atom stereocenters. The van der Waals surface area contributed by atoms with Gasteiger partial charge in [-0.25, -0.2) is 0 Å². The number of benzene rings is 3. The van der Waals surface area contributed by atoms with Crippen molar-refractivity contribution in [2.75, 3.05) is 20.9 Å². The first-order valence-corrected chi connectivity index (χ1v) is 10.8. The molecule has 0 aromatic heterocycles. The minimum absolute atomic E-state index is 0.0193. The van der Waals surface area contributed by atoms with Gasteiger partial charge in [0.2, 0.25) is 6.79 Å². The molecular weight excluding hydrogens is 402 g/mol. The first kappa shape index (κ1) is 20.3. The Labute approximate surface area is 187 Å². The Morgan fingerprint density at radius 3 is 2.34 bits per heavy atom. The van der Waals surface area contributed by atoms with E-state index in [1.807, 2.05) is 60.7 Å². The molecule has 1 aliphatic carbocycles. The first-order chi connectivity index (χ1) is 15.5. The van der Waals surface area contributed by atoms with Crippen LogP contribution in [0.15, 0.2) is 66.7 Å². The zero-order valence-corrected chi connectivity index (χ0v) is 18.3. The van der Waals surface area contributed by atoms with E-state index in [2.05, 4.69) is 6.07 Å². The lowest BCUT2D eigenvalue weighted by Crippen LogP contribution is -2.22. The average Bonchev–Trinajstić information content (AvgIpc) is 3.49. The summed E-state index contributed by atoms with van der Waals surface area (Å²) < 4.78 is 10.9. The largest absolute Gasteiger partial charge is 0.454 e. The van der Waals surface area contributed by atoms with E-state index in [1.54, 1.807) is 19.0 Å². The third-order valence-corrected chi connectivity index (χ3v) is 6.37. The van der Waals surface area contributed by atoms with Crippen LogP contribution in [0.1, 0.15) is 34.3 Å². The summed E-state index contributed by atoms with van der Waals surface area (Å²) in [6.45, 7) is 0.233. The van der Waals surface area contributed by atoms with Gasteiger partial charge in [0, 0.05) is 26.1 Å². The van der Waals surface area contributed by atoms with Gasteiger partial charge < -0.3 is 14.4 Å². The van der Waals surface area contributed by atoms with Crippen molar-refractivity contribution in [1.29, 1.82) is 0 Å². The lowest BCUT2D eigenvalue weighted by Gasteiger charge is -2.16. The van der Waals surface area contributed by atoms with Crippen molar-refractivity contribution in [3.05, 3.63) is 83.4 Å². The monoisotopic (exact) mass is 427 g/mol. The third-order valence-electron chi connectivity index (χ3n) is 6.37. The molecule has 1 fully saturated rings. The van der Waals surface area contributed by atoms with Crippen molar-refractivity contribution in [2.24, 2.45) is 0 Å². The molecule has 0 N–H and O–H groups in total. The van der Waals surface area contributed by atoms with E-state index in [1.165, 1.54) is 0 Å². The smallest absolute Gasteiger partial charge is 0.253 e. The van der Waals surface area contributed by atoms with Gasteiger partial charge in [-0.15, -0.1) is 0 Å². The van der Waals surface area contributed by atoms with Crippen molar-refractivity contribution in [3.63, 3.8) is 0 Å². The van der Waals surface area contributed by atoms with Crippen LogP contribution >= 0.6 is 0 Å². The molecule has 162 valence electrons. The Hall–Kier alpha value is -3.60. The summed E-state index contributed by atoms with van der Waals surface area (Å²) >= 11 is 0. The second-order valence-corrected chi connectivity index (χ2v) is 8.73. The van der Waals surface area contributed by atoms with Gasteiger partial charge in [-0.2, -0.15) is 0 Å². The van der Waals surface area contributed by atoms with E-state index < -0.39 is 5.41 Å². The van der Waals surface area contributed by atoms with Gasteiger partial charge in [-0.3, -0.25) is 9.59 Å². The molecule has 5 nitrogen and oxygen atoms in total. The lowest BCUT2D eigenvalue weighted by molar-refractivity contribution is -0.120. The summed E-state index contributed by atoms with van der Waals surface area (Å²) in [6, 6.07) is 21.5. The maximum Gasteiger partial charge on any atom is 0.253 e. The van der Waals surface area contributed by atoms with Crippen LogP contribution in [0.3, 0.4) is 0 Å². The van der Waals surface area contributed by atoms with Crippen molar-refractivity contribution < 1.29 is 19.1 Å². The van der Waals surface area contributed by atoms with Crippen LogP contribution in [0, 0.1) is 0 Å². The Balaban J connectivity index is 1.34. The standard InChI is InChI=1S/C27H25NO4/c1-28(2)26(30)20-8-6-19(7-9-20)21-5-3-4-18(14-21)15-25(29)27(12-13-27)22-10-11-23-24(16-22)32-17-31-23/h3-11,14,16H,12-13,15,17H2,1-2H3. The number of hydrogen-bond donors (Lipinski definition) is 0. The van der Waals surface area contributed by atoms with E-state index >= 15 is 0 Å². The Morgan fingerprint density at radius 1 is 0.875 bits per heavy atom. The minimum atomic E-state index is -0.412. The van der Waals surface area contributed by atoms with E-state index in [-0.39, 0.29) is 18.5 Å². The van der Waals surface area contributed by atoms with Gasteiger partial charge in [-0.05, 0) is 59.4 Å². The summed E-state index contributed by atoms with van der Waals surface area (Å²) in [6.07, 6.45) is 2.12. The molecule has 0 saturated heterocycles. The summed E-state index contributed by atoms with van der Waals surface area (Å²) in [7, 11) is 3.49. The first-order valence-electron chi connectivity index (χ1n) is 10.8. The average molecular weight is 428 g/mol. The molecule has 3 aromatic rings. The molecule has 0 unspecified atom stereocenters. The molecule has 2 aliphatic rings. The predicted molar refractivity (Wildman–Crippen MR) is 122 cm³/mol. The van der Waals surface area contributed by atoms with E-state index in [0.717, 1.165) is 46.6 Å². The van der Waals surface area contributed by atoms with Crippen LogP contribution in [-0.2, 0) is 16.6 Å². The minimum Gasteiger partial charge on any atom is -0.454 e. The SMILES string of the molecule is CN(C)C(=O)c1ccc(-c2cccc(CC(=O)C3(c4ccc5c(c4)OCO5)CC3)c2)cc1. The number of fused-ring (bicyclic) bond motifs is 1. The molecule has 1 amide bonds. The Bertz CT molecular complexity index is 1190. The normalized spacial score (nSPS) is 15.3. The lowest BCUT2D eigenvalue weighted by atomic mass is 9.87. The fraction of sp³-hybridized carbons (Fsp3) is 0.259. The highest BCUT2D eigenvalue weighted by Crippen LogP contribution is 2.51. The number of carbonyl (C=O) groups is 2. The maximum absolute atomic E-state index is 13.3. The van der Waals surface area contributed by atoms with Crippen LogP contribution in [-0.4, -0.2) is 37.5 Å². The van der Waals surface area contributed by atoms with Gasteiger partial charge in [0.15, 0.2) is 11.5 Å². The maximum atomic E-state index is 13.3. The second-order valence-electron chi connectivity index (χ2n) is 8.73. The molecule has 5 rings (SSSR count). The highest BCUT2D eigenvalue weighted by Gasteiger charge is 2.50. The number of Topliss-reactive ketones (excluding diaryl/α,β-unsaturated/α-hetero) is 1. The predicted octanol–water partition coefficient (Wildman–Crippen LogP) is 4.63. The van der Waals surface area contributed by atoms with Crippen molar-refractivity contribution >= 4 is 11.7 Å². The topological polar surface area (TPSA) is 55.8 Å². The zero-order valence-electron chi connectivity index (χ0n) is 18.3. The number of nitrogens with zero attached hydrogens (tertiary/aromatic N) is 1. The second kappa shape index (κ2) is 7.83. The number of amides is 1. The molecule has 1 heterocycles. The van der Waals surface area contributed by atoms with Crippen molar-refractivity contribution in [1.82, 2.24) is 4.90 Å². The van der Waals surface area contributed by atoms with Crippen molar-refractivity contribution in [2.45, 2.75) is 24.7 Å². The highest BCUT2D eigenvalue weighted by molar-refractivity contribution is 5.95. The molecule has 1 aliphatic heterocycles. The molecule has 5 heteroatoms. The van der Waals surface area contributed by atoms with Gasteiger partial charge in [0.25, 0.3) is 5.91 Å². The third kappa shape index (κ3) is 3.64. The fourth-order valence-corrected chi connectivity index (χ4v) is 4.33. The molecule has 1 saturated carbocycles. The summed E-state index contributed by atoms with van der Waals surface area (Å²) in [4.78, 5) is 27.0. The molecule has 0 radical (unpaired) electrons. The number of rotatable bonds is 6. The van der Waals surface area contributed by atoms with Crippen LogP contribution in [0.4, 0.5) is 0 Å². The molecule has 0 bridgehead atoms. The van der Waals surface area contributed by atoms with Crippen LogP contribution in [0.5, 0.6) is 11.5 Å². The Kier molecular flexibility index (Phi) is 4.97. The molecule has 32 heavy (non-hydrogen) atoms. The summed E-state index contributed by atoms with van der Waals surface area (Å²) in [5, 5.41) is 0. The zero-order chi connectivity index (χ0) is 22.3. The van der Waals surface area contributed by atoms with Gasteiger partial charge in [0.05, 0.1) is 5.41 Å². The van der Waals surface area contributed by atoms with Crippen LogP contribution < -0.4 is 9.47 Å². The van der Waals surface area contributed by atoms with Crippen LogP contribution in [0.25, 0.3) is 11.1 Å². The van der Waals surface area contributed by atoms with Gasteiger partial charge in [0.1, 0.15) is 5.78 Å². The Morgan fingerprint density at radius 2 is 1.62 bits per heavy atom. The number of ketones is 1. The molecule has 3 aromatic carbocycles. The van der Waals surface area contributed by atoms with E-state index in [9.17, 15) is 9.59 Å². The van der Waals surface area contributed by atoms with Gasteiger partial charge >= 0.3 is 0 Å². The number of ether oxygens (including phenoxy) is 2. The molecule has 0 spiro atoms. The number of hydrogen-bond acceptors (Lipinski definition) is 4. The summed E-state index contributed by atoms with van der Waals surface area (Å²) in [5.74, 6) is 1.68. The quantitative estimate of drug-likeness (QED) is 0.576. The van der Waals surface area contributed by atoms with Crippen molar-refractivity contribution in [3.8, 4) is 22.6 Å². The van der Waals surface area contributed by atoms with Gasteiger partial charge in [-0.1, -0.05) is 42.5 Å². The fourth-order valence-electron chi connectivity index (χ4n) is 4.33. The number of carbonyl (C=O) groups excluding carboxylic acids is 2. The highest BCUT2D eigenvalue weighted by atomic mass is 16.7.